The third-order valence-electron chi connectivity index (χ3n) is 4.72. The molecule has 0 radical (unpaired) electrons. The Morgan fingerprint density at radius 3 is 3.04 bits per heavy atom. The number of fused-ring (bicyclic) bond motifs is 1. The second kappa shape index (κ2) is 7.86. The topological polar surface area (TPSA) is 54.3 Å². The molecule has 1 amide bonds. The number of carbonyl (C=O) groups excluding carboxylic acids is 1. The van der Waals surface area contributed by atoms with Gasteiger partial charge in [0.05, 0.1) is 4.21 Å². The van der Waals surface area contributed by atoms with E-state index < -0.39 is 0 Å². The molecule has 136 valence electrons. The molecule has 2 N–H and O–H groups in total. The van der Waals surface area contributed by atoms with Crippen LogP contribution in [-0.4, -0.2) is 24.5 Å². The third-order valence-corrected chi connectivity index (χ3v) is 6.87. The lowest BCUT2D eigenvalue weighted by Gasteiger charge is -2.28. The van der Waals surface area contributed by atoms with Gasteiger partial charge in [0.25, 0.3) is 5.91 Å². The van der Waals surface area contributed by atoms with Gasteiger partial charge in [-0.05, 0) is 43.8 Å². The quantitative estimate of drug-likeness (QED) is 0.627. The first-order chi connectivity index (χ1) is 12.7. The van der Waals surface area contributed by atoms with Crippen molar-refractivity contribution in [1.29, 1.82) is 0 Å². The van der Waals surface area contributed by atoms with Gasteiger partial charge in [-0.25, -0.2) is 0 Å². The molecule has 1 fully saturated rings. The lowest BCUT2D eigenvalue weighted by Crippen LogP contribution is -2.46. The van der Waals surface area contributed by atoms with Gasteiger partial charge >= 0.3 is 0 Å². The first-order valence-corrected chi connectivity index (χ1v) is 10.8. The maximum Gasteiger partial charge on any atom is 0.287 e. The predicted octanol–water partition coefficient (Wildman–Crippen LogP) is 4.66. The van der Waals surface area contributed by atoms with Crippen LogP contribution < -0.4 is 10.6 Å². The van der Waals surface area contributed by atoms with Crippen LogP contribution in [-0.2, 0) is 5.75 Å². The van der Waals surface area contributed by atoms with Crippen LogP contribution >= 0.6 is 23.1 Å². The Morgan fingerprint density at radius 1 is 1.35 bits per heavy atom. The number of hydrogen-bond donors (Lipinski definition) is 2. The fourth-order valence-corrected chi connectivity index (χ4v) is 5.24. The second-order valence-electron chi connectivity index (χ2n) is 6.68. The highest BCUT2D eigenvalue weighted by molar-refractivity contribution is 8.00. The number of piperidine rings is 1. The molecule has 26 heavy (non-hydrogen) atoms. The summed E-state index contributed by atoms with van der Waals surface area (Å²) in [5, 5.41) is 9.70. The Kier molecular flexibility index (Phi) is 5.33. The summed E-state index contributed by atoms with van der Waals surface area (Å²) in [5.41, 5.74) is 1.76. The Balaban J connectivity index is 1.58. The maximum atomic E-state index is 12.9. The van der Waals surface area contributed by atoms with Gasteiger partial charge in [0.1, 0.15) is 5.58 Å². The number of furan rings is 1. The van der Waals surface area contributed by atoms with Crippen molar-refractivity contribution in [3.63, 3.8) is 0 Å². The molecule has 2 aromatic heterocycles. The Hall–Kier alpha value is -1.76. The van der Waals surface area contributed by atoms with Gasteiger partial charge in [-0.2, -0.15) is 0 Å². The first-order valence-electron chi connectivity index (χ1n) is 8.91. The molecular weight excluding hydrogens is 364 g/mol. The number of nitrogens with one attached hydrogen (secondary N) is 2. The van der Waals surface area contributed by atoms with Crippen molar-refractivity contribution in [2.75, 3.05) is 6.54 Å². The third kappa shape index (κ3) is 3.82. The molecule has 1 aliphatic heterocycles. The molecule has 6 heteroatoms. The first kappa shape index (κ1) is 17.6. The van der Waals surface area contributed by atoms with Crippen molar-refractivity contribution in [3.8, 4) is 0 Å². The van der Waals surface area contributed by atoms with Crippen molar-refractivity contribution in [1.82, 2.24) is 10.6 Å². The molecule has 2 unspecified atom stereocenters. The van der Waals surface area contributed by atoms with Crippen molar-refractivity contribution >= 4 is 40.0 Å². The van der Waals surface area contributed by atoms with Crippen LogP contribution in [0.5, 0.6) is 0 Å². The minimum atomic E-state index is -0.0953. The monoisotopic (exact) mass is 386 g/mol. The molecule has 1 aliphatic rings. The molecular formula is C20H22N2O2S2. The van der Waals surface area contributed by atoms with Gasteiger partial charge in [-0.1, -0.05) is 24.3 Å². The molecule has 1 aromatic carbocycles. The van der Waals surface area contributed by atoms with Gasteiger partial charge in [0.15, 0.2) is 5.76 Å². The van der Waals surface area contributed by atoms with Crippen LogP contribution in [0.1, 0.15) is 35.9 Å². The van der Waals surface area contributed by atoms with Crippen LogP contribution in [0.4, 0.5) is 0 Å². The van der Waals surface area contributed by atoms with Crippen LogP contribution in [0.2, 0.25) is 0 Å². The average Bonchev–Trinajstić information content (AvgIpc) is 3.27. The summed E-state index contributed by atoms with van der Waals surface area (Å²) in [7, 11) is 0. The molecule has 0 bridgehead atoms. The van der Waals surface area contributed by atoms with E-state index in [2.05, 4.69) is 29.0 Å². The standard InChI is InChI=1S/C20H22N2O2S2/c1-13-11-14(8-9-21-13)22-20(23)19-16(12-26-18-7-4-10-25-18)15-5-2-3-6-17(15)24-19/h2-7,10,13-14,21H,8-9,11-12H2,1H3,(H,22,23). The lowest BCUT2D eigenvalue weighted by atomic mass is 10.0. The Bertz CT molecular complexity index is 888. The summed E-state index contributed by atoms with van der Waals surface area (Å²) >= 11 is 3.46. The highest BCUT2D eigenvalue weighted by atomic mass is 32.2. The van der Waals surface area contributed by atoms with Gasteiger partial charge < -0.3 is 15.1 Å². The number of benzene rings is 1. The number of thioether (sulfide) groups is 1. The molecule has 0 saturated carbocycles. The number of hydrogen-bond acceptors (Lipinski definition) is 5. The minimum absolute atomic E-state index is 0.0953. The predicted molar refractivity (Wildman–Crippen MR) is 108 cm³/mol. The molecule has 4 rings (SSSR count). The Morgan fingerprint density at radius 2 is 2.23 bits per heavy atom. The SMILES string of the molecule is CC1CC(NC(=O)c2oc3ccccc3c2CSc2cccs2)CCN1. The largest absolute Gasteiger partial charge is 0.451 e. The van der Waals surface area contributed by atoms with Crippen LogP contribution in [0.25, 0.3) is 11.0 Å². The minimum Gasteiger partial charge on any atom is -0.451 e. The summed E-state index contributed by atoms with van der Waals surface area (Å²) < 4.78 is 7.21. The molecule has 3 heterocycles. The number of thiophene rings is 1. The van der Waals surface area contributed by atoms with Crippen molar-refractivity contribution in [2.24, 2.45) is 0 Å². The molecule has 2 atom stereocenters. The fraction of sp³-hybridized carbons (Fsp3) is 0.350. The highest BCUT2D eigenvalue weighted by Gasteiger charge is 2.25. The zero-order valence-corrected chi connectivity index (χ0v) is 16.3. The smallest absolute Gasteiger partial charge is 0.287 e. The zero-order valence-electron chi connectivity index (χ0n) is 14.7. The van der Waals surface area contributed by atoms with E-state index in [4.69, 9.17) is 4.42 Å². The van der Waals surface area contributed by atoms with Crippen LogP contribution in [0, 0.1) is 0 Å². The van der Waals surface area contributed by atoms with Gasteiger partial charge in [0.2, 0.25) is 0 Å². The van der Waals surface area contributed by atoms with Gasteiger partial charge in [-0.3, -0.25) is 4.79 Å². The van der Waals surface area contributed by atoms with E-state index in [0.717, 1.165) is 41.7 Å². The Labute approximate surface area is 161 Å². The summed E-state index contributed by atoms with van der Waals surface area (Å²) in [6, 6.07) is 12.7. The van der Waals surface area contributed by atoms with E-state index in [1.165, 1.54) is 4.21 Å². The van der Waals surface area contributed by atoms with Crippen molar-refractivity contribution < 1.29 is 9.21 Å². The van der Waals surface area contributed by atoms with Crippen molar-refractivity contribution in [3.05, 3.63) is 53.1 Å². The van der Waals surface area contributed by atoms with E-state index in [1.807, 2.05) is 30.3 Å². The van der Waals surface area contributed by atoms with E-state index in [1.54, 1.807) is 23.1 Å². The molecule has 0 spiro atoms. The van der Waals surface area contributed by atoms with Gasteiger partial charge in [-0.15, -0.1) is 23.1 Å². The lowest BCUT2D eigenvalue weighted by molar-refractivity contribution is 0.0898. The molecule has 4 nitrogen and oxygen atoms in total. The van der Waals surface area contributed by atoms with Crippen LogP contribution in [0.15, 0.2) is 50.4 Å². The van der Waals surface area contributed by atoms with Gasteiger partial charge in [0, 0.05) is 28.8 Å². The van der Waals surface area contributed by atoms with E-state index >= 15 is 0 Å². The normalized spacial score (nSPS) is 20.3. The van der Waals surface area contributed by atoms with E-state index in [0.29, 0.717) is 11.8 Å². The number of para-hydroxylation sites is 1. The zero-order chi connectivity index (χ0) is 17.9. The average molecular weight is 387 g/mol. The van der Waals surface area contributed by atoms with E-state index in [-0.39, 0.29) is 11.9 Å². The summed E-state index contributed by atoms with van der Waals surface area (Å²) in [4.78, 5) is 12.9. The second-order valence-corrected chi connectivity index (χ2v) is 8.90. The maximum absolute atomic E-state index is 12.9. The molecule has 0 aliphatic carbocycles. The number of carbonyl (C=O) groups is 1. The van der Waals surface area contributed by atoms with Crippen LogP contribution in [0.3, 0.4) is 0 Å². The number of rotatable bonds is 5. The van der Waals surface area contributed by atoms with E-state index in [9.17, 15) is 4.79 Å². The van der Waals surface area contributed by atoms with Crippen molar-refractivity contribution in [2.45, 2.75) is 41.8 Å². The fourth-order valence-electron chi connectivity index (χ4n) is 3.43. The highest BCUT2D eigenvalue weighted by Crippen LogP contribution is 2.33. The summed E-state index contributed by atoms with van der Waals surface area (Å²) in [5.74, 6) is 1.09. The number of amides is 1. The molecule has 1 saturated heterocycles. The summed E-state index contributed by atoms with van der Waals surface area (Å²) in [6.07, 6.45) is 1.90. The molecule has 3 aromatic rings. The summed E-state index contributed by atoms with van der Waals surface area (Å²) in [6.45, 7) is 3.09.